The maximum atomic E-state index is 12.1. The molecule has 0 radical (unpaired) electrons. The van der Waals surface area contributed by atoms with Gasteiger partial charge >= 0.3 is 0 Å². The van der Waals surface area contributed by atoms with Gasteiger partial charge in [0.1, 0.15) is 0 Å². The number of likely N-dealkylation sites (N-methyl/N-ethyl adjacent to an activating group) is 1. The third-order valence-corrected chi connectivity index (χ3v) is 3.32. The molecule has 2 atom stereocenters. The molecule has 1 saturated heterocycles. The zero-order chi connectivity index (χ0) is 12.8. The lowest BCUT2D eigenvalue weighted by molar-refractivity contribution is -0.135. The smallest absolute Gasteiger partial charge is 0.239 e. The van der Waals surface area contributed by atoms with Gasteiger partial charge in [-0.15, -0.1) is 0 Å². The Bertz CT molecular complexity index is 240. The molecule has 1 heterocycles. The minimum Gasteiger partial charge on any atom is -0.393 e. The number of aliphatic hydroxyl groups is 1. The van der Waals surface area contributed by atoms with Crippen LogP contribution in [0.1, 0.15) is 20.3 Å². The van der Waals surface area contributed by atoms with Crippen LogP contribution in [0.3, 0.4) is 0 Å². The number of carbonyl (C=O) groups is 1. The summed E-state index contributed by atoms with van der Waals surface area (Å²) in [5, 5.41) is 12.5. The molecule has 17 heavy (non-hydrogen) atoms. The highest BCUT2D eigenvalue weighted by Crippen LogP contribution is 2.05. The van der Waals surface area contributed by atoms with Gasteiger partial charge in [-0.1, -0.05) is 0 Å². The van der Waals surface area contributed by atoms with E-state index < -0.39 is 0 Å². The predicted octanol–water partition coefficient (Wildman–Crippen LogP) is -0.491. The first-order valence-corrected chi connectivity index (χ1v) is 6.40. The Kier molecular flexibility index (Phi) is 5.88. The molecular formula is C12H25N3O2. The van der Waals surface area contributed by atoms with Crippen LogP contribution in [0.5, 0.6) is 0 Å². The number of nitrogens with one attached hydrogen (secondary N) is 1. The highest BCUT2D eigenvalue weighted by molar-refractivity contribution is 5.81. The Morgan fingerprint density at radius 3 is 2.53 bits per heavy atom. The second-order valence-electron chi connectivity index (χ2n) is 4.86. The molecule has 5 nitrogen and oxygen atoms in total. The van der Waals surface area contributed by atoms with Crippen LogP contribution in [-0.4, -0.2) is 72.7 Å². The Morgan fingerprint density at radius 2 is 2.00 bits per heavy atom. The summed E-state index contributed by atoms with van der Waals surface area (Å²) < 4.78 is 0. The summed E-state index contributed by atoms with van der Waals surface area (Å²) in [5.41, 5.74) is 0. The standard InChI is InChI=1S/C12H25N3O2/c1-10(16)4-7-14(3)12(17)11(2)15-8-5-13-6-9-15/h10-11,13,16H,4-9H2,1-3H3. The van der Waals surface area contributed by atoms with E-state index in [9.17, 15) is 9.90 Å². The van der Waals surface area contributed by atoms with Gasteiger partial charge in [0.25, 0.3) is 0 Å². The van der Waals surface area contributed by atoms with Gasteiger partial charge in [0.15, 0.2) is 0 Å². The Balaban J connectivity index is 2.38. The molecule has 0 bridgehead atoms. The van der Waals surface area contributed by atoms with E-state index in [0.29, 0.717) is 13.0 Å². The lowest BCUT2D eigenvalue weighted by atomic mass is 10.2. The Morgan fingerprint density at radius 1 is 1.41 bits per heavy atom. The summed E-state index contributed by atoms with van der Waals surface area (Å²) in [7, 11) is 1.81. The fourth-order valence-electron chi connectivity index (χ4n) is 2.04. The molecule has 0 aromatic carbocycles. The molecular weight excluding hydrogens is 218 g/mol. The summed E-state index contributed by atoms with van der Waals surface area (Å²) in [6, 6.07) is -0.0592. The highest BCUT2D eigenvalue weighted by Gasteiger charge is 2.24. The fraction of sp³-hybridized carbons (Fsp3) is 0.917. The van der Waals surface area contributed by atoms with Gasteiger partial charge in [-0.2, -0.15) is 0 Å². The van der Waals surface area contributed by atoms with Gasteiger partial charge in [-0.25, -0.2) is 0 Å². The van der Waals surface area contributed by atoms with E-state index >= 15 is 0 Å². The van der Waals surface area contributed by atoms with Crippen LogP contribution in [0.2, 0.25) is 0 Å². The number of aliphatic hydroxyl groups excluding tert-OH is 1. The van der Waals surface area contributed by atoms with Crippen molar-refractivity contribution >= 4 is 5.91 Å². The molecule has 0 saturated carbocycles. The number of nitrogens with zero attached hydrogens (tertiary/aromatic N) is 2. The van der Waals surface area contributed by atoms with Crippen LogP contribution in [0.4, 0.5) is 0 Å². The lowest BCUT2D eigenvalue weighted by Crippen LogP contribution is -2.53. The zero-order valence-corrected chi connectivity index (χ0v) is 11.1. The molecule has 1 aliphatic rings. The van der Waals surface area contributed by atoms with E-state index in [4.69, 9.17) is 0 Å². The van der Waals surface area contributed by atoms with Gasteiger partial charge in [0, 0.05) is 39.8 Å². The minimum atomic E-state index is -0.347. The number of carbonyl (C=O) groups excluding carboxylic acids is 1. The average Bonchev–Trinajstić information content (AvgIpc) is 2.35. The highest BCUT2D eigenvalue weighted by atomic mass is 16.3. The van der Waals surface area contributed by atoms with Crippen molar-refractivity contribution in [3.05, 3.63) is 0 Å². The molecule has 100 valence electrons. The number of hydrogen-bond donors (Lipinski definition) is 2. The SMILES string of the molecule is CC(O)CCN(C)C(=O)C(C)N1CCNCC1. The van der Waals surface area contributed by atoms with Crippen LogP contribution >= 0.6 is 0 Å². The van der Waals surface area contributed by atoms with Crippen molar-refractivity contribution in [1.82, 2.24) is 15.1 Å². The van der Waals surface area contributed by atoms with E-state index in [1.807, 2.05) is 14.0 Å². The molecule has 0 aromatic rings. The second kappa shape index (κ2) is 6.93. The molecule has 1 fully saturated rings. The van der Waals surface area contributed by atoms with E-state index in [2.05, 4.69) is 10.2 Å². The first-order chi connectivity index (χ1) is 8.02. The van der Waals surface area contributed by atoms with Gasteiger partial charge in [0.05, 0.1) is 12.1 Å². The summed E-state index contributed by atoms with van der Waals surface area (Å²) in [6.07, 6.45) is 0.288. The number of amides is 1. The molecule has 1 amide bonds. The molecule has 0 aliphatic carbocycles. The summed E-state index contributed by atoms with van der Waals surface area (Å²) in [6.45, 7) is 8.09. The molecule has 5 heteroatoms. The summed E-state index contributed by atoms with van der Waals surface area (Å²) >= 11 is 0. The topological polar surface area (TPSA) is 55.8 Å². The molecule has 2 unspecified atom stereocenters. The quantitative estimate of drug-likeness (QED) is 0.684. The van der Waals surface area contributed by atoms with E-state index in [-0.39, 0.29) is 18.1 Å². The normalized spacial score (nSPS) is 20.9. The maximum absolute atomic E-state index is 12.1. The minimum absolute atomic E-state index is 0.0592. The predicted molar refractivity (Wildman–Crippen MR) is 67.8 cm³/mol. The number of hydrogen-bond acceptors (Lipinski definition) is 4. The van der Waals surface area contributed by atoms with Gasteiger partial charge in [0.2, 0.25) is 5.91 Å². The first kappa shape index (κ1) is 14.4. The second-order valence-corrected chi connectivity index (χ2v) is 4.86. The Hall–Kier alpha value is -0.650. The van der Waals surface area contributed by atoms with Crippen molar-refractivity contribution in [1.29, 1.82) is 0 Å². The lowest BCUT2D eigenvalue weighted by Gasteiger charge is -2.34. The molecule has 1 aliphatic heterocycles. The van der Waals surface area contributed by atoms with Crippen LogP contribution < -0.4 is 5.32 Å². The van der Waals surface area contributed by atoms with Crippen LogP contribution in [0.15, 0.2) is 0 Å². The fourth-order valence-corrected chi connectivity index (χ4v) is 2.04. The monoisotopic (exact) mass is 243 g/mol. The van der Waals surface area contributed by atoms with Crippen LogP contribution in [-0.2, 0) is 4.79 Å². The third kappa shape index (κ3) is 4.61. The van der Waals surface area contributed by atoms with Gasteiger partial charge < -0.3 is 15.3 Å². The van der Waals surface area contributed by atoms with Gasteiger partial charge in [-0.05, 0) is 20.3 Å². The summed E-state index contributed by atoms with van der Waals surface area (Å²) in [5.74, 6) is 0.146. The van der Waals surface area contributed by atoms with Crippen LogP contribution in [0.25, 0.3) is 0 Å². The maximum Gasteiger partial charge on any atom is 0.239 e. The van der Waals surface area contributed by atoms with Crippen molar-refractivity contribution in [2.24, 2.45) is 0 Å². The van der Waals surface area contributed by atoms with Crippen molar-refractivity contribution in [2.75, 3.05) is 39.8 Å². The third-order valence-electron chi connectivity index (χ3n) is 3.32. The zero-order valence-electron chi connectivity index (χ0n) is 11.1. The van der Waals surface area contributed by atoms with E-state index in [0.717, 1.165) is 26.2 Å². The van der Waals surface area contributed by atoms with E-state index in [1.165, 1.54) is 0 Å². The van der Waals surface area contributed by atoms with E-state index in [1.54, 1.807) is 11.8 Å². The van der Waals surface area contributed by atoms with Crippen molar-refractivity contribution in [3.8, 4) is 0 Å². The number of rotatable bonds is 5. The van der Waals surface area contributed by atoms with Gasteiger partial charge in [-0.3, -0.25) is 9.69 Å². The molecule has 2 N–H and O–H groups in total. The summed E-state index contributed by atoms with van der Waals surface area (Å²) in [4.78, 5) is 16.1. The first-order valence-electron chi connectivity index (χ1n) is 6.40. The number of piperazine rings is 1. The van der Waals surface area contributed by atoms with Crippen LogP contribution in [0, 0.1) is 0 Å². The average molecular weight is 243 g/mol. The van der Waals surface area contributed by atoms with Crippen molar-refractivity contribution < 1.29 is 9.90 Å². The largest absolute Gasteiger partial charge is 0.393 e. The Labute approximate surface area is 104 Å². The molecule has 0 spiro atoms. The van der Waals surface area contributed by atoms with Crippen molar-refractivity contribution in [3.63, 3.8) is 0 Å². The molecule has 1 rings (SSSR count). The molecule has 0 aromatic heterocycles. The van der Waals surface area contributed by atoms with Crippen molar-refractivity contribution in [2.45, 2.75) is 32.4 Å².